The average Bonchev–Trinajstić information content (AvgIpc) is 3.61. The van der Waals surface area contributed by atoms with Crippen LogP contribution in [-0.4, -0.2) is 45.7 Å². The van der Waals surface area contributed by atoms with E-state index in [0.717, 1.165) is 40.8 Å². The van der Waals surface area contributed by atoms with Gasteiger partial charge >= 0.3 is 6.09 Å². The van der Waals surface area contributed by atoms with Gasteiger partial charge in [-0.3, -0.25) is 4.90 Å². The molecule has 2 N–H and O–H groups in total. The van der Waals surface area contributed by atoms with Crippen molar-refractivity contribution in [2.24, 2.45) is 0 Å². The first kappa shape index (κ1) is 26.2. The predicted molar refractivity (Wildman–Crippen MR) is 146 cm³/mol. The van der Waals surface area contributed by atoms with Crippen molar-refractivity contribution in [1.82, 2.24) is 19.9 Å². The first-order valence-corrected chi connectivity index (χ1v) is 12.8. The van der Waals surface area contributed by atoms with Crippen LogP contribution in [0.5, 0.6) is 5.75 Å². The Hall–Kier alpha value is -3.89. The molecular weight excluding hydrogens is 488 g/mol. The normalized spacial score (nSPS) is 14.3. The van der Waals surface area contributed by atoms with Gasteiger partial charge < -0.3 is 19.4 Å². The van der Waals surface area contributed by atoms with Crippen LogP contribution < -0.4 is 4.74 Å². The monoisotopic (exact) mass is 518 g/mol. The number of unbranched alkanes of at least 4 members (excludes halogenated alkanes) is 1. The lowest BCUT2D eigenvalue weighted by Crippen LogP contribution is -2.41. The Morgan fingerprint density at radius 2 is 2.08 bits per heavy atom. The van der Waals surface area contributed by atoms with E-state index in [2.05, 4.69) is 27.8 Å². The van der Waals surface area contributed by atoms with Crippen molar-refractivity contribution >= 4 is 28.6 Å². The number of hydrogen-bond donors (Lipinski definition) is 2. The summed E-state index contributed by atoms with van der Waals surface area (Å²) in [5.74, 6) is 3.33. The fraction of sp³-hybridized carbons (Fsp3) is 0.310. The van der Waals surface area contributed by atoms with Crippen LogP contribution >= 0.6 is 11.6 Å². The summed E-state index contributed by atoms with van der Waals surface area (Å²) in [5, 5.41) is 1.79. The van der Waals surface area contributed by atoms with Crippen molar-refractivity contribution in [2.75, 3.05) is 19.8 Å². The summed E-state index contributed by atoms with van der Waals surface area (Å²) in [7, 11) is 0. The van der Waals surface area contributed by atoms with Gasteiger partial charge in [0, 0.05) is 47.0 Å². The van der Waals surface area contributed by atoms with Gasteiger partial charge in [0.1, 0.15) is 18.4 Å². The number of rotatable bonds is 7. The number of carbonyl (C=O) groups excluding carboxylic acids is 1. The van der Waals surface area contributed by atoms with Gasteiger partial charge in [0.15, 0.2) is 0 Å². The van der Waals surface area contributed by atoms with E-state index in [1.807, 2.05) is 42.5 Å². The number of halogens is 1. The van der Waals surface area contributed by atoms with Gasteiger partial charge in [-0.05, 0) is 54.3 Å². The zero-order chi connectivity index (χ0) is 26.0. The van der Waals surface area contributed by atoms with Crippen LogP contribution in [0.2, 0.25) is 5.02 Å². The van der Waals surface area contributed by atoms with E-state index in [-0.39, 0.29) is 18.7 Å². The first-order chi connectivity index (χ1) is 18.1. The Balaban J connectivity index is 0.000000572. The number of benzene rings is 2. The van der Waals surface area contributed by atoms with Gasteiger partial charge in [0.25, 0.3) is 0 Å². The molecule has 5 rings (SSSR count). The lowest BCUT2D eigenvalue weighted by Gasteiger charge is -2.35. The molecule has 37 heavy (non-hydrogen) atoms. The van der Waals surface area contributed by atoms with Crippen molar-refractivity contribution in [3.05, 3.63) is 83.0 Å². The third-order valence-corrected chi connectivity index (χ3v) is 6.40. The molecule has 1 aliphatic heterocycles. The maximum atomic E-state index is 13.0. The second kappa shape index (κ2) is 12.9. The molecular formula is C29H31ClN4O3. The molecule has 1 aliphatic rings. The average molecular weight is 519 g/mol. The molecule has 192 valence electrons. The maximum absolute atomic E-state index is 13.0. The van der Waals surface area contributed by atoms with Crippen LogP contribution in [0.3, 0.4) is 0 Å². The van der Waals surface area contributed by atoms with Crippen molar-refractivity contribution in [1.29, 1.82) is 0 Å². The molecule has 3 heterocycles. The summed E-state index contributed by atoms with van der Waals surface area (Å²) in [5.41, 5.74) is 4.16. The molecule has 1 amide bonds. The third kappa shape index (κ3) is 6.46. The topological polar surface area (TPSA) is 83.2 Å². The highest BCUT2D eigenvalue weighted by Crippen LogP contribution is 2.39. The Bertz CT molecular complexity index is 1310. The molecule has 0 radical (unpaired) electrons. The molecule has 0 aliphatic carbocycles. The number of nitrogens with zero attached hydrogens (tertiary/aromatic N) is 2. The summed E-state index contributed by atoms with van der Waals surface area (Å²) in [6, 6.07) is 13.5. The van der Waals surface area contributed by atoms with Crippen molar-refractivity contribution in [2.45, 2.75) is 38.6 Å². The number of carbonyl (C=O) groups is 1. The molecule has 0 saturated carbocycles. The number of hydrogen-bond acceptors (Lipinski definition) is 4. The zero-order valence-electron chi connectivity index (χ0n) is 20.9. The second-order valence-electron chi connectivity index (χ2n) is 8.65. The summed E-state index contributed by atoms with van der Waals surface area (Å²) < 4.78 is 11.3. The van der Waals surface area contributed by atoms with Gasteiger partial charge in [0.05, 0.1) is 12.9 Å². The van der Waals surface area contributed by atoms with E-state index >= 15 is 0 Å². The van der Waals surface area contributed by atoms with Gasteiger partial charge in [-0.15, -0.1) is 12.3 Å². The summed E-state index contributed by atoms with van der Waals surface area (Å²) in [4.78, 5) is 24.7. The van der Waals surface area contributed by atoms with Crippen LogP contribution in [0.25, 0.3) is 10.9 Å². The molecule has 1 atom stereocenters. The van der Waals surface area contributed by atoms with E-state index in [1.165, 1.54) is 5.56 Å². The number of amides is 1. The predicted octanol–water partition coefficient (Wildman–Crippen LogP) is 6.52. The fourth-order valence-electron chi connectivity index (χ4n) is 4.38. The Morgan fingerprint density at radius 1 is 1.24 bits per heavy atom. The molecule has 0 bridgehead atoms. The number of ether oxygens (including phenoxy) is 2. The number of H-pyrrole nitrogens is 2. The minimum atomic E-state index is -0.365. The van der Waals surface area contributed by atoms with E-state index < -0.39 is 0 Å². The lowest BCUT2D eigenvalue weighted by atomic mass is 9.92. The zero-order valence-corrected chi connectivity index (χ0v) is 21.6. The maximum Gasteiger partial charge on any atom is 0.410 e. The van der Waals surface area contributed by atoms with Crippen molar-refractivity contribution < 1.29 is 14.3 Å². The molecule has 7 nitrogen and oxygen atoms in total. The number of nitrogens with one attached hydrogen (secondary N) is 2. The molecule has 1 unspecified atom stereocenters. The van der Waals surface area contributed by atoms with Crippen LogP contribution in [-0.2, 0) is 11.2 Å². The molecule has 2 aromatic heterocycles. The molecule has 0 saturated heterocycles. The van der Waals surface area contributed by atoms with Crippen LogP contribution in [0.1, 0.15) is 49.0 Å². The number of imidazole rings is 1. The van der Waals surface area contributed by atoms with E-state index in [0.29, 0.717) is 31.0 Å². The largest absolute Gasteiger partial charge is 0.494 e. The number of fused-ring (bicyclic) bond motifs is 3. The van der Waals surface area contributed by atoms with E-state index in [1.54, 1.807) is 23.6 Å². The molecule has 2 aromatic carbocycles. The van der Waals surface area contributed by atoms with Gasteiger partial charge in [-0.2, -0.15) is 0 Å². The van der Waals surface area contributed by atoms with Gasteiger partial charge in [-0.25, -0.2) is 9.78 Å². The van der Waals surface area contributed by atoms with Crippen molar-refractivity contribution in [3.63, 3.8) is 0 Å². The minimum Gasteiger partial charge on any atom is -0.494 e. The number of terminal acetylenes is 1. The first-order valence-electron chi connectivity index (χ1n) is 12.4. The SMILES string of the molecule is C#CCCOC(=O)N1CCc2c([nH]c3ccc(Cl)cc23)C1c1ccc(OCCCC)cc1.c1c[nH]cn1. The highest BCUT2D eigenvalue weighted by atomic mass is 35.5. The second-order valence-corrected chi connectivity index (χ2v) is 9.09. The number of aromatic nitrogens is 3. The molecule has 4 aromatic rings. The number of aromatic amines is 2. The summed E-state index contributed by atoms with van der Waals surface area (Å²) >= 11 is 6.26. The van der Waals surface area contributed by atoms with Crippen LogP contribution in [0.15, 0.2) is 61.2 Å². The Morgan fingerprint density at radius 3 is 2.76 bits per heavy atom. The highest BCUT2D eigenvalue weighted by Gasteiger charge is 2.35. The standard InChI is InChI=1S/C26H27ClN2O3.C3H4N2/c1-3-5-15-31-20-10-7-18(8-11-20)25-24-21(22-17-19(27)9-12-23(22)28-24)13-14-29(25)26(30)32-16-6-4-2;1-2-5-3-4-1/h2,7-12,17,25,28H,3,5-6,13-16H2,1H3;1-3H,(H,4,5). The smallest absolute Gasteiger partial charge is 0.410 e. The fourth-order valence-corrected chi connectivity index (χ4v) is 4.55. The Labute approximate surface area is 222 Å². The lowest BCUT2D eigenvalue weighted by molar-refractivity contribution is 0.0907. The molecule has 8 heteroatoms. The minimum absolute atomic E-state index is 0.206. The van der Waals surface area contributed by atoms with E-state index in [9.17, 15) is 4.79 Å². The van der Waals surface area contributed by atoms with Crippen LogP contribution in [0.4, 0.5) is 4.79 Å². The molecule has 0 spiro atoms. The van der Waals surface area contributed by atoms with Crippen LogP contribution in [0, 0.1) is 12.3 Å². The van der Waals surface area contributed by atoms with Gasteiger partial charge in [0.2, 0.25) is 0 Å². The third-order valence-electron chi connectivity index (χ3n) is 6.16. The highest BCUT2D eigenvalue weighted by molar-refractivity contribution is 6.31. The molecule has 0 fully saturated rings. The van der Waals surface area contributed by atoms with Gasteiger partial charge in [-0.1, -0.05) is 37.1 Å². The summed E-state index contributed by atoms with van der Waals surface area (Å²) in [6.45, 7) is 3.58. The van der Waals surface area contributed by atoms with E-state index in [4.69, 9.17) is 27.5 Å². The van der Waals surface area contributed by atoms with Crippen molar-refractivity contribution in [3.8, 4) is 18.1 Å². The Kier molecular flexibility index (Phi) is 9.12. The quantitative estimate of drug-likeness (QED) is 0.215. The summed E-state index contributed by atoms with van der Waals surface area (Å²) in [6.07, 6.45) is 13.2.